The average Bonchev–Trinajstić information content (AvgIpc) is 3.21. The molecule has 2 aromatic rings. The summed E-state index contributed by atoms with van der Waals surface area (Å²) in [4.78, 5) is 14.7. The van der Waals surface area contributed by atoms with Crippen LogP contribution in [0, 0.1) is 11.3 Å². The summed E-state index contributed by atoms with van der Waals surface area (Å²) in [5.41, 5.74) is 0.0781. The zero-order valence-corrected chi connectivity index (χ0v) is 19.6. The van der Waals surface area contributed by atoms with Crippen molar-refractivity contribution in [3.8, 4) is 29.1 Å². The molecule has 4 rings (SSSR count). The molecule has 0 aromatic heterocycles. The Balaban J connectivity index is 1.78. The van der Waals surface area contributed by atoms with Crippen LogP contribution in [0.3, 0.4) is 0 Å². The minimum Gasteiger partial charge on any atom is -0.493 e. The molecule has 2 aliphatic heterocycles. The monoisotopic (exact) mass is 468 g/mol. The van der Waals surface area contributed by atoms with E-state index in [0.29, 0.717) is 39.2 Å². The minimum atomic E-state index is -1.61. The molecular formula is C24H24N2O6S. The van der Waals surface area contributed by atoms with Gasteiger partial charge in [-0.3, -0.25) is 9.69 Å². The molecule has 0 radical (unpaired) electrons. The predicted octanol–water partition coefficient (Wildman–Crippen LogP) is 3.36. The van der Waals surface area contributed by atoms with Crippen LogP contribution < -0.4 is 18.9 Å². The molecule has 1 N–H and O–H groups in total. The Hall–Kier alpha value is -3.35. The number of benzene rings is 2. The fourth-order valence-corrected chi connectivity index (χ4v) is 5.64. The van der Waals surface area contributed by atoms with E-state index >= 15 is 0 Å². The van der Waals surface area contributed by atoms with Gasteiger partial charge in [0.1, 0.15) is 0 Å². The highest BCUT2D eigenvalue weighted by molar-refractivity contribution is 8.03. The fraction of sp³-hybridized carbons (Fsp3) is 0.333. The molecule has 1 saturated heterocycles. The number of carbonyl (C=O) groups is 1. The lowest BCUT2D eigenvalue weighted by Crippen LogP contribution is -2.48. The van der Waals surface area contributed by atoms with Gasteiger partial charge in [0.2, 0.25) is 5.91 Å². The summed E-state index contributed by atoms with van der Waals surface area (Å²) in [5.74, 6) is 1.51. The number of amides is 1. The van der Waals surface area contributed by atoms with Crippen molar-refractivity contribution in [3.63, 3.8) is 0 Å². The molecule has 1 fully saturated rings. The van der Waals surface area contributed by atoms with E-state index in [1.54, 1.807) is 37.4 Å². The lowest BCUT2D eigenvalue weighted by Gasteiger charge is -2.38. The van der Waals surface area contributed by atoms with Gasteiger partial charge in [-0.05, 0) is 29.8 Å². The maximum absolute atomic E-state index is 13.4. The third-order valence-electron chi connectivity index (χ3n) is 5.97. The molecule has 2 atom stereocenters. The van der Waals surface area contributed by atoms with Gasteiger partial charge in [-0.25, -0.2) is 0 Å². The molecule has 2 aliphatic rings. The highest BCUT2D eigenvalue weighted by Gasteiger charge is 2.52. The summed E-state index contributed by atoms with van der Waals surface area (Å²) >= 11 is 1.29. The van der Waals surface area contributed by atoms with E-state index in [1.807, 2.05) is 6.07 Å². The molecule has 9 heteroatoms. The lowest BCUT2D eigenvalue weighted by molar-refractivity contribution is -0.149. The average molecular weight is 469 g/mol. The number of fused-ring (bicyclic) bond motifs is 1. The Morgan fingerprint density at radius 3 is 2.21 bits per heavy atom. The van der Waals surface area contributed by atoms with E-state index in [1.165, 1.54) is 38.0 Å². The van der Waals surface area contributed by atoms with Gasteiger partial charge in [0.05, 0.1) is 50.9 Å². The molecule has 172 valence electrons. The lowest BCUT2D eigenvalue weighted by atomic mass is 9.85. The van der Waals surface area contributed by atoms with Gasteiger partial charge < -0.3 is 24.1 Å². The van der Waals surface area contributed by atoms with Crippen LogP contribution in [0.1, 0.15) is 23.5 Å². The molecule has 0 spiro atoms. The van der Waals surface area contributed by atoms with Crippen LogP contribution in [0.25, 0.3) is 0 Å². The summed E-state index contributed by atoms with van der Waals surface area (Å²) in [5, 5.41) is 22.1. The quantitative estimate of drug-likeness (QED) is 0.689. The van der Waals surface area contributed by atoms with E-state index in [4.69, 9.17) is 18.9 Å². The van der Waals surface area contributed by atoms with Gasteiger partial charge in [-0.2, -0.15) is 5.26 Å². The third kappa shape index (κ3) is 3.65. The maximum Gasteiger partial charge on any atom is 0.231 e. The molecule has 0 bridgehead atoms. The number of nitrogens with zero attached hydrogens (tertiary/aromatic N) is 2. The topological polar surface area (TPSA) is 101 Å². The first-order valence-electron chi connectivity index (χ1n) is 10.2. The molecular weight excluding hydrogens is 444 g/mol. The zero-order valence-electron chi connectivity index (χ0n) is 18.7. The summed E-state index contributed by atoms with van der Waals surface area (Å²) in [6, 6.07) is 12.7. The van der Waals surface area contributed by atoms with Gasteiger partial charge in [-0.1, -0.05) is 12.1 Å². The van der Waals surface area contributed by atoms with Crippen molar-refractivity contribution in [2.24, 2.45) is 0 Å². The number of nitriles is 1. The predicted molar refractivity (Wildman–Crippen MR) is 122 cm³/mol. The van der Waals surface area contributed by atoms with Crippen molar-refractivity contribution in [2.45, 2.75) is 18.1 Å². The summed E-state index contributed by atoms with van der Waals surface area (Å²) in [7, 11) is 6.12. The smallest absolute Gasteiger partial charge is 0.231 e. The van der Waals surface area contributed by atoms with Gasteiger partial charge in [0.25, 0.3) is 0 Å². The molecule has 0 saturated carbocycles. The zero-order chi connectivity index (χ0) is 23.8. The minimum absolute atomic E-state index is 0.0397. The van der Waals surface area contributed by atoms with Crippen molar-refractivity contribution in [2.75, 3.05) is 34.2 Å². The van der Waals surface area contributed by atoms with Gasteiger partial charge in [0, 0.05) is 17.9 Å². The van der Waals surface area contributed by atoms with Gasteiger partial charge in [-0.15, -0.1) is 11.8 Å². The number of thioether (sulfide) groups is 1. The first-order chi connectivity index (χ1) is 15.9. The number of methoxy groups -OCH3 is 4. The van der Waals surface area contributed by atoms with Gasteiger partial charge >= 0.3 is 0 Å². The first kappa shape index (κ1) is 22.8. The molecule has 2 heterocycles. The highest BCUT2D eigenvalue weighted by Crippen LogP contribution is 2.52. The SMILES string of the molecule is COc1ccc([C@@H]2CC(=O)N3C(=C2C#N)SC[C@@]3(O)c2ccc(OC)c(OC)c2)cc1OC. The van der Waals surface area contributed by atoms with Crippen molar-refractivity contribution in [1.82, 2.24) is 4.90 Å². The normalized spacial score (nSPS) is 22.0. The van der Waals surface area contributed by atoms with Gasteiger partial charge in [0.15, 0.2) is 28.7 Å². The number of rotatable bonds is 6. The Kier molecular flexibility index (Phi) is 6.15. The molecule has 33 heavy (non-hydrogen) atoms. The number of hydrogen-bond donors (Lipinski definition) is 1. The van der Waals surface area contributed by atoms with Crippen molar-refractivity contribution in [1.29, 1.82) is 5.26 Å². The van der Waals surface area contributed by atoms with Crippen molar-refractivity contribution in [3.05, 3.63) is 58.1 Å². The highest BCUT2D eigenvalue weighted by atomic mass is 32.2. The van der Waals surface area contributed by atoms with Crippen LogP contribution in [-0.4, -0.2) is 50.1 Å². The van der Waals surface area contributed by atoms with Crippen LogP contribution in [0.2, 0.25) is 0 Å². The number of aliphatic hydroxyl groups is 1. The Bertz CT molecular complexity index is 1170. The Morgan fingerprint density at radius 2 is 1.61 bits per heavy atom. The first-order valence-corrected chi connectivity index (χ1v) is 11.2. The van der Waals surface area contributed by atoms with E-state index in [2.05, 4.69) is 6.07 Å². The largest absolute Gasteiger partial charge is 0.493 e. The molecule has 0 unspecified atom stereocenters. The van der Waals surface area contributed by atoms with Crippen LogP contribution in [-0.2, 0) is 10.5 Å². The third-order valence-corrected chi connectivity index (χ3v) is 7.19. The van der Waals surface area contributed by atoms with E-state index in [0.717, 1.165) is 5.56 Å². The van der Waals surface area contributed by atoms with Crippen LogP contribution >= 0.6 is 11.8 Å². The van der Waals surface area contributed by atoms with Crippen LogP contribution in [0.15, 0.2) is 47.0 Å². The second-order valence-corrected chi connectivity index (χ2v) is 8.57. The summed E-state index contributed by atoms with van der Waals surface area (Å²) in [6.45, 7) is 0. The van der Waals surface area contributed by atoms with Crippen molar-refractivity contribution >= 4 is 17.7 Å². The van der Waals surface area contributed by atoms with E-state index < -0.39 is 11.6 Å². The number of ether oxygens (including phenoxy) is 4. The fourth-order valence-electron chi connectivity index (χ4n) is 4.28. The Morgan fingerprint density at radius 1 is 1.00 bits per heavy atom. The second-order valence-electron chi connectivity index (χ2n) is 7.61. The summed E-state index contributed by atoms with van der Waals surface area (Å²) in [6.07, 6.45) is 0.0397. The maximum atomic E-state index is 13.4. The number of carbonyl (C=O) groups excluding carboxylic acids is 1. The molecule has 1 amide bonds. The standard InChI is InChI=1S/C24H24N2O6S/c1-29-18-7-5-14(9-20(18)31-3)16-11-22(27)26-23(17(16)12-25)33-13-24(26,28)15-6-8-19(30-2)21(10-15)32-4/h5-10,16,28H,11,13H2,1-4H3/t16-,24+/m0/s1. The van der Waals surface area contributed by atoms with E-state index in [-0.39, 0.29) is 18.1 Å². The van der Waals surface area contributed by atoms with E-state index in [9.17, 15) is 15.2 Å². The molecule has 0 aliphatic carbocycles. The molecule has 8 nitrogen and oxygen atoms in total. The van der Waals surface area contributed by atoms with Crippen LogP contribution in [0.5, 0.6) is 23.0 Å². The summed E-state index contributed by atoms with van der Waals surface area (Å²) < 4.78 is 21.3. The number of hydrogen-bond acceptors (Lipinski definition) is 8. The number of allylic oxidation sites excluding steroid dienone is 1. The Labute approximate surface area is 196 Å². The van der Waals surface area contributed by atoms with Crippen molar-refractivity contribution < 1.29 is 28.8 Å². The second kappa shape index (κ2) is 8.89. The van der Waals surface area contributed by atoms with Crippen LogP contribution in [0.4, 0.5) is 0 Å². The molecule has 2 aromatic carbocycles.